The van der Waals surface area contributed by atoms with Crippen molar-refractivity contribution in [1.82, 2.24) is 5.32 Å². The standard InChI is InChI=1S/C11H14F2N2O2S/c1-7(6-16)14-11(17)15-8-4-2-3-5-9(8)18-10(12)13/h2-5,7,10,16H,6H2,1H3,(H2,14,15,17). The van der Waals surface area contributed by atoms with Gasteiger partial charge in [0.25, 0.3) is 5.76 Å². The molecule has 3 N–H and O–H groups in total. The molecular formula is C11H14F2N2O2S. The molecule has 100 valence electrons. The number of benzene rings is 1. The fourth-order valence-electron chi connectivity index (χ4n) is 1.20. The van der Waals surface area contributed by atoms with Gasteiger partial charge < -0.3 is 15.7 Å². The minimum absolute atomic E-state index is 0.194. The van der Waals surface area contributed by atoms with Crippen LogP contribution in [0.5, 0.6) is 0 Å². The van der Waals surface area contributed by atoms with Crippen LogP contribution in [-0.4, -0.2) is 29.5 Å². The molecule has 0 heterocycles. The van der Waals surface area contributed by atoms with Crippen molar-refractivity contribution in [3.8, 4) is 0 Å². The Morgan fingerprint density at radius 2 is 2.11 bits per heavy atom. The Kier molecular flexibility index (Phi) is 5.87. The number of aliphatic hydroxyl groups excluding tert-OH is 1. The van der Waals surface area contributed by atoms with Crippen LogP contribution in [-0.2, 0) is 0 Å². The lowest BCUT2D eigenvalue weighted by atomic mass is 10.3. The first-order valence-electron chi connectivity index (χ1n) is 5.25. The Hall–Kier alpha value is -1.34. The summed E-state index contributed by atoms with van der Waals surface area (Å²) in [5, 5.41) is 13.7. The van der Waals surface area contributed by atoms with Crippen LogP contribution < -0.4 is 10.6 Å². The number of aliphatic hydroxyl groups is 1. The van der Waals surface area contributed by atoms with Crippen LogP contribution in [0.2, 0.25) is 0 Å². The van der Waals surface area contributed by atoms with Crippen molar-refractivity contribution in [3.63, 3.8) is 0 Å². The fourth-order valence-corrected chi connectivity index (χ4v) is 1.79. The second kappa shape index (κ2) is 7.17. The molecule has 4 nitrogen and oxygen atoms in total. The summed E-state index contributed by atoms with van der Waals surface area (Å²) in [4.78, 5) is 11.8. The van der Waals surface area contributed by atoms with E-state index in [1.54, 1.807) is 19.1 Å². The smallest absolute Gasteiger partial charge is 0.319 e. The number of anilines is 1. The highest BCUT2D eigenvalue weighted by Crippen LogP contribution is 2.31. The lowest BCUT2D eigenvalue weighted by Gasteiger charge is -2.14. The number of hydrogen-bond acceptors (Lipinski definition) is 3. The SMILES string of the molecule is CC(CO)NC(=O)Nc1ccccc1SC(F)F. The zero-order valence-corrected chi connectivity index (χ0v) is 10.5. The molecule has 1 unspecified atom stereocenters. The summed E-state index contributed by atoms with van der Waals surface area (Å²) < 4.78 is 24.6. The van der Waals surface area contributed by atoms with Gasteiger partial charge in [0, 0.05) is 4.90 Å². The molecule has 0 bridgehead atoms. The quantitative estimate of drug-likeness (QED) is 0.724. The molecule has 1 aromatic carbocycles. The van der Waals surface area contributed by atoms with Crippen LogP contribution in [0.1, 0.15) is 6.92 Å². The van der Waals surface area contributed by atoms with E-state index in [9.17, 15) is 13.6 Å². The third-order valence-electron chi connectivity index (χ3n) is 2.00. The average Bonchev–Trinajstić information content (AvgIpc) is 2.30. The Morgan fingerprint density at radius 3 is 2.72 bits per heavy atom. The van der Waals surface area contributed by atoms with E-state index in [1.807, 2.05) is 0 Å². The van der Waals surface area contributed by atoms with E-state index in [1.165, 1.54) is 12.1 Å². The van der Waals surface area contributed by atoms with Crippen LogP contribution in [0.15, 0.2) is 29.2 Å². The summed E-state index contributed by atoms with van der Waals surface area (Å²) in [6.07, 6.45) is 0. The lowest BCUT2D eigenvalue weighted by molar-refractivity contribution is 0.229. The maximum absolute atomic E-state index is 12.3. The summed E-state index contributed by atoms with van der Waals surface area (Å²) in [7, 11) is 0. The second-order valence-corrected chi connectivity index (χ2v) is 4.59. The highest BCUT2D eigenvalue weighted by molar-refractivity contribution is 7.99. The van der Waals surface area contributed by atoms with Gasteiger partial charge in [0.1, 0.15) is 0 Å². The molecule has 0 radical (unpaired) electrons. The molecule has 0 fully saturated rings. The van der Waals surface area contributed by atoms with Gasteiger partial charge in [-0.05, 0) is 19.1 Å². The van der Waals surface area contributed by atoms with E-state index in [4.69, 9.17) is 5.11 Å². The van der Waals surface area contributed by atoms with Gasteiger partial charge in [-0.15, -0.1) is 0 Å². The predicted molar refractivity (Wildman–Crippen MR) is 67.0 cm³/mol. The van der Waals surface area contributed by atoms with Crippen molar-refractivity contribution in [1.29, 1.82) is 0 Å². The number of alkyl halides is 2. The average molecular weight is 276 g/mol. The zero-order chi connectivity index (χ0) is 13.5. The number of carbonyl (C=O) groups excluding carboxylic acids is 1. The first-order chi connectivity index (χ1) is 8.52. The van der Waals surface area contributed by atoms with E-state index in [0.29, 0.717) is 22.3 Å². The lowest BCUT2D eigenvalue weighted by Crippen LogP contribution is -2.38. The van der Waals surface area contributed by atoms with Crippen LogP contribution in [0.3, 0.4) is 0 Å². The molecule has 0 aliphatic carbocycles. The number of para-hydroxylation sites is 1. The van der Waals surface area contributed by atoms with Crippen LogP contribution >= 0.6 is 11.8 Å². The molecule has 18 heavy (non-hydrogen) atoms. The van der Waals surface area contributed by atoms with E-state index in [0.717, 1.165) is 0 Å². The van der Waals surface area contributed by atoms with Gasteiger partial charge in [0.15, 0.2) is 0 Å². The third kappa shape index (κ3) is 4.89. The van der Waals surface area contributed by atoms with Gasteiger partial charge in [0.2, 0.25) is 0 Å². The highest BCUT2D eigenvalue weighted by atomic mass is 32.2. The van der Waals surface area contributed by atoms with Crippen LogP contribution in [0, 0.1) is 0 Å². The first-order valence-corrected chi connectivity index (χ1v) is 6.13. The number of hydrogen-bond donors (Lipinski definition) is 3. The van der Waals surface area contributed by atoms with Crippen molar-refractivity contribution in [2.45, 2.75) is 23.6 Å². The number of urea groups is 1. The Balaban J connectivity index is 2.68. The Bertz CT molecular complexity index is 404. The van der Waals surface area contributed by atoms with Gasteiger partial charge in [-0.2, -0.15) is 8.78 Å². The zero-order valence-electron chi connectivity index (χ0n) is 9.69. The van der Waals surface area contributed by atoms with Crippen LogP contribution in [0.4, 0.5) is 19.3 Å². The maximum Gasteiger partial charge on any atom is 0.319 e. The monoisotopic (exact) mass is 276 g/mol. The summed E-state index contributed by atoms with van der Waals surface area (Å²) in [6, 6.07) is 5.35. The molecule has 1 atom stereocenters. The summed E-state index contributed by atoms with van der Waals surface area (Å²) >= 11 is 0.366. The molecule has 1 rings (SSSR count). The van der Waals surface area contributed by atoms with Gasteiger partial charge in [-0.1, -0.05) is 23.9 Å². The molecule has 0 aromatic heterocycles. The molecule has 2 amide bonds. The molecular weight excluding hydrogens is 262 g/mol. The van der Waals surface area contributed by atoms with Crippen molar-refractivity contribution < 1.29 is 18.7 Å². The number of rotatable bonds is 5. The molecule has 0 aliphatic rings. The van der Waals surface area contributed by atoms with Gasteiger partial charge in [-0.25, -0.2) is 4.79 Å². The minimum Gasteiger partial charge on any atom is -0.394 e. The van der Waals surface area contributed by atoms with E-state index < -0.39 is 17.8 Å². The van der Waals surface area contributed by atoms with E-state index >= 15 is 0 Å². The normalized spacial score (nSPS) is 12.3. The molecule has 0 saturated carbocycles. The maximum atomic E-state index is 12.3. The molecule has 0 aliphatic heterocycles. The number of thioether (sulfide) groups is 1. The summed E-state index contributed by atoms with van der Waals surface area (Å²) in [5.41, 5.74) is 0.311. The van der Waals surface area contributed by atoms with Crippen molar-refractivity contribution >= 4 is 23.5 Å². The van der Waals surface area contributed by atoms with Gasteiger partial charge in [-0.3, -0.25) is 0 Å². The third-order valence-corrected chi connectivity index (χ3v) is 2.79. The fraction of sp³-hybridized carbons (Fsp3) is 0.364. The van der Waals surface area contributed by atoms with Crippen molar-refractivity contribution in [2.24, 2.45) is 0 Å². The number of carbonyl (C=O) groups is 1. The predicted octanol–water partition coefficient (Wildman–Crippen LogP) is 2.50. The van der Waals surface area contributed by atoms with Gasteiger partial charge in [0.05, 0.1) is 18.3 Å². The number of halogens is 2. The molecule has 1 aromatic rings. The van der Waals surface area contributed by atoms with E-state index in [-0.39, 0.29) is 6.61 Å². The van der Waals surface area contributed by atoms with Crippen molar-refractivity contribution in [3.05, 3.63) is 24.3 Å². The van der Waals surface area contributed by atoms with E-state index in [2.05, 4.69) is 10.6 Å². The Morgan fingerprint density at radius 1 is 1.44 bits per heavy atom. The first kappa shape index (κ1) is 14.7. The topological polar surface area (TPSA) is 61.4 Å². The number of amides is 2. The molecule has 0 spiro atoms. The van der Waals surface area contributed by atoms with Crippen LogP contribution in [0.25, 0.3) is 0 Å². The highest BCUT2D eigenvalue weighted by Gasteiger charge is 2.12. The Labute approximate surface area is 108 Å². The summed E-state index contributed by atoms with van der Waals surface area (Å²) in [6.45, 7) is 1.43. The molecule has 0 saturated heterocycles. The largest absolute Gasteiger partial charge is 0.394 e. The van der Waals surface area contributed by atoms with Crippen molar-refractivity contribution in [2.75, 3.05) is 11.9 Å². The minimum atomic E-state index is -2.55. The molecule has 7 heteroatoms. The van der Waals surface area contributed by atoms with Gasteiger partial charge >= 0.3 is 6.03 Å². The summed E-state index contributed by atoms with van der Waals surface area (Å²) in [5.74, 6) is -2.55. The number of nitrogens with one attached hydrogen (secondary N) is 2. The second-order valence-electron chi connectivity index (χ2n) is 3.56.